The van der Waals surface area contributed by atoms with Crippen molar-refractivity contribution in [2.75, 3.05) is 0 Å². The molecule has 0 bridgehead atoms. The third-order valence-corrected chi connectivity index (χ3v) is 7.18. The van der Waals surface area contributed by atoms with Gasteiger partial charge in [-0.15, -0.1) is 0 Å². The summed E-state index contributed by atoms with van der Waals surface area (Å²) in [6.45, 7) is 0. The van der Waals surface area contributed by atoms with Gasteiger partial charge in [-0.3, -0.25) is 14.4 Å². The first-order valence-electron chi connectivity index (χ1n) is 10.1. The van der Waals surface area contributed by atoms with Gasteiger partial charge in [0.05, 0.1) is 0 Å². The number of hydrogen-bond donors (Lipinski definition) is 0. The summed E-state index contributed by atoms with van der Waals surface area (Å²) < 4.78 is 0. The largest absolute Gasteiger partial charge is 0.300 e. The molecule has 1 saturated carbocycles. The zero-order valence-corrected chi connectivity index (χ0v) is 18.0. The molecule has 0 aliphatic heterocycles. The molecule has 2 aliphatic rings. The minimum atomic E-state index is -1.38. The third kappa shape index (κ3) is 2.99. The maximum absolute atomic E-state index is 14.0. The summed E-state index contributed by atoms with van der Waals surface area (Å²) in [5.74, 6) is -1.53. The predicted molar refractivity (Wildman–Crippen MR) is 120 cm³/mol. The van der Waals surface area contributed by atoms with Crippen molar-refractivity contribution in [1.82, 2.24) is 0 Å². The molecule has 3 aromatic carbocycles. The fourth-order valence-corrected chi connectivity index (χ4v) is 5.57. The molecule has 0 saturated heterocycles. The zero-order valence-electron chi connectivity index (χ0n) is 16.5. The summed E-state index contributed by atoms with van der Waals surface area (Å²) in [4.78, 5) is 40.9. The van der Waals surface area contributed by atoms with E-state index >= 15 is 0 Å². The highest BCUT2D eigenvalue weighted by molar-refractivity contribution is 6.32. The van der Waals surface area contributed by atoms with Crippen LogP contribution in [-0.2, 0) is 4.79 Å². The van der Waals surface area contributed by atoms with Crippen molar-refractivity contribution in [3.63, 3.8) is 0 Å². The Hall–Kier alpha value is -2.75. The number of fused-ring (bicyclic) bond motifs is 1. The normalized spacial score (nSPS) is 22.1. The Bertz CT molecular complexity index is 1120. The summed E-state index contributed by atoms with van der Waals surface area (Å²) in [6, 6.07) is 21.2. The molecule has 154 valence electrons. The van der Waals surface area contributed by atoms with Crippen LogP contribution in [0.3, 0.4) is 0 Å². The molecule has 0 radical (unpaired) electrons. The van der Waals surface area contributed by atoms with Crippen molar-refractivity contribution in [2.24, 2.45) is 5.41 Å². The Balaban J connectivity index is 1.78. The van der Waals surface area contributed by atoms with Crippen LogP contribution >= 0.6 is 23.2 Å². The minimum absolute atomic E-state index is 0.0297. The lowest BCUT2D eigenvalue weighted by molar-refractivity contribution is -0.122. The maximum atomic E-state index is 14.0. The highest BCUT2D eigenvalue weighted by Crippen LogP contribution is 2.60. The molecule has 3 aromatic rings. The molecule has 3 nitrogen and oxygen atoms in total. The molecule has 5 heteroatoms. The second-order valence-electron chi connectivity index (χ2n) is 8.23. The van der Waals surface area contributed by atoms with Gasteiger partial charge in [-0.1, -0.05) is 71.7 Å². The van der Waals surface area contributed by atoms with Crippen LogP contribution in [0.1, 0.15) is 56.5 Å². The molecule has 2 aliphatic carbocycles. The van der Waals surface area contributed by atoms with E-state index in [4.69, 9.17) is 23.2 Å². The van der Waals surface area contributed by atoms with Gasteiger partial charge in [0.2, 0.25) is 0 Å². The number of ketones is 3. The van der Waals surface area contributed by atoms with Gasteiger partial charge in [0, 0.05) is 45.8 Å². The van der Waals surface area contributed by atoms with Gasteiger partial charge in [0.1, 0.15) is 11.2 Å². The van der Waals surface area contributed by atoms with Gasteiger partial charge < -0.3 is 0 Å². The smallest absolute Gasteiger partial charge is 0.178 e. The van der Waals surface area contributed by atoms with E-state index in [1.165, 1.54) is 0 Å². The second-order valence-corrected chi connectivity index (χ2v) is 9.10. The van der Waals surface area contributed by atoms with Crippen LogP contribution in [0.2, 0.25) is 10.0 Å². The van der Waals surface area contributed by atoms with E-state index in [1.807, 2.05) is 24.3 Å². The number of halogens is 2. The number of rotatable bonds is 2. The van der Waals surface area contributed by atoms with E-state index in [2.05, 4.69) is 0 Å². The predicted octanol–water partition coefficient (Wildman–Crippen LogP) is 6.29. The summed E-state index contributed by atoms with van der Waals surface area (Å²) in [5.41, 5.74) is 1.02. The maximum Gasteiger partial charge on any atom is 0.178 e. The lowest BCUT2D eigenvalue weighted by Crippen LogP contribution is -2.49. The first-order valence-corrected chi connectivity index (χ1v) is 10.9. The highest BCUT2D eigenvalue weighted by atomic mass is 35.5. The molecule has 0 heterocycles. The topological polar surface area (TPSA) is 51.2 Å². The van der Waals surface area contributed by atoms with Gasteiger partial charge in [0.25, 0.3) is 0 Å². The molecule has 2 atom stereocenters. The van der Waals surface area contributed by atoms with E-state index in [-0.39, 0.29) is 30.2 Å². The van der Waals surface area contributed by atoms with Gasteiger partial charge in [-0.25, -0.2) is 0 Å². The third-order valence-electron chi connectivity index (χ3n) is 6.68. The van der Waals surface area contributed by atoms with Crippen LogP contribution in [0.5, 0.6) is 0 Å². The molecule has 0 aromatic heterocycles. The Morgan fingerprint density at radius 1 is 0.613 bits per heavy atom. The SMILES string of the molecule is O=C1C[C@H](c2ccc(Cl)cc2)C2(C(=O)c3ccccc3C2=O)[C@H](c2ccc(Cl)cc2)C1. The van der Waals surface area contributed by atoms with Gasteiger partial charge in [0.15, 0.2) is 11.6 Å². The van der Waals surface area contributed by atoms with E-state index in [9.17, 15) is 14.4 Å². The van der Waals surface area contributed by atoms with Crippen molar-refractivity contribution in [3.8, 4) is 0 Å². The van der Waals surface area contributed by atoms with Gasteiger partial charge >= 0.3 is 0 Å². The van der Waals surface area contributed by atoms with Gasteiger partial charge in [-0.05, 0) is 35.4 Å². The summed E-state index contributed by atoms with van der Waals surface area (Å²) in [5, 5.41) is 1.11. The van der Waals surface area contributed by atoms with E-state index in [0.29, 0.717) is 21.2 Å². The molecule has 0 N–H and O–H groups in total. The quantitative estimate of drug-likeness (QED) is 0.432. The number of Topliss-reactive ketones (excluding diaryl/α,β-unsaturated/α-hetero) is 3. The van der Waals surface area contributed by atoms with Crippen LogP contribution in [-0.4, -0.2) is 17.3 Å². The number of carbonyl (C=O) groups excluding carboxylic acids is 3. The van der Waals surface area contributed by atoms with Gasteiger partial charge in [-0.2, -0.15) is 0 Å². The first kappa shape index (κ1) is 20.2. The monoisotopic (exact) mass is 448 g/mol. The fraction of sp³-hybridized carbons (Fsp3) is 0.192. The van der Waals surface area contributed by atoms with Crippen molar-refractivity contribution in [3.05, 3.63) is 105 Å². The molecular weight excluding hydrogens is 431 g/mol. The van der Waals surface area contributed by atoms with Crippen LogP contribution in [0.4, 0.5) is 0 Å². The van der Waals surface area contributed by atoms with Crippen molar-refractivity contribution in [2.45, 2.75) is 24.7 Å². The Morgan fingerprint density at radius 3 is 1.39 bits per heavy atom. The Morgan fingerprint density at radius 2 is 1.00 bits per heavy atom. The average molecular weight is 449 g/mol. The molecule has 1 fully saturated rings. The lowest BCUT2D eigenvalue weighted by Gasteiger charge is -2.44. The molecule has 1 spiro atoms. The minimum Gasteiger partial charge on any atom is -0.300 e. The van der Waals surface area contributed by atoms with Crippen molar-refractivity contribution in [1.29, 1.82) is 0 Å². The van der Waals surface area contributed by atoms with Crippen LogP contribution in [0, 0.1) is 5.41 Å². The number of carbonyl (C=O) groups is 3. The highest BCUT2D eigenvalue weighted by Gasteiger charge is 2.64. The fourth-order valence-electron chi connectivity index (χ4n) is 5.32. The number of hydrogen-bond acceptors (Lipinski definition) is 3. The summed E-state index contributed by atoms with van der Waals surface area (Å²) >= 11 is 12.2. The van der Waals surface area contributed by atoms with E-state index in [0.717, 1.165) is 11.1 Å². The van der Waals surface area contributed by atoms with Crippen molar-refractivity contribution < 1.29 is 14.4 Å². The van der Waals surface area contributed by atoms with Crippen LogP contribution < -0.4 is 0 Å². The number of benzene rings is 3. The zero-order chi connectivity index (χ0) is 21.8. The van der Waals surface area contributed by atoms with E-state index < -0.39 is 17.3 Å². The van der Waals surface area contributed by atoms with Crippen LogP contribution in [0.15, 0.2) is 72.8 Å². The van der Waals surface area contributed by atoms with Crippen LogP contribution in [0.25, 0.3) is 0 Å². The molecule has 5 rings (SSSR count). The first-order chi connectivity index (χ1) is 14.9. The molecule has 0 unspecified atom stereocenters. The summed E-state index contributed by atoms with van der Waals surface area (Å²) in [6.07, 6.45) is 0.272. The molecule has 31 heavy (non-hydrogen) atoms. The summed E-state index contributed by atoms with van der Waals surface area (Å²) in [7, 11) is 0. The molecular formula is C26H18Cl2O3. The standard InChI is InChI=1S/C26H18Cl2O3/c27-17-9-5-15(6-10-17)22-13-19(29)14-23(16-7-11-18(28)12-8-16)26(22)24(30)20-3-1-2-4-21(20)25(26)31/h1-12,22-23H,13-14H2/t22-,23+. The lowest BCUT2D eigenvalue weighted by atomic mass is 9.54. The second kappa shape index (κ2) is 7.44. The molecule has 0 amide bonds. The van der Waals surface area contributed by atoms with Crippen molar-refractivity contribution >= 4 is 40.6 Å². The van der Waals surface area contributed by atoms with E-state index in [1.54, 1.807) is 48.5 Å². The average Bonchev–Trinajstić information content (AvgIpc) is 2.99. The Labute approximate surface area is 190 Å². The Kier molecular flexibility index (Phi) is 4.84.